The second-order valence-corrected chi connectivity index (χ2v) is 8.18. The highest BCUT2D eigenvalue weighted by Crippen LogP contribution is 2.45. The van der Waals surface area contributed by atoms with E-state index in [0.717, 1.165) is 31.9 Å². The van der Waals surface area contributed by atoms with Gasteiger partial charge in [-0.1, -0.05) is 19.3 Å². The highest BCUT2D eigenvalue weighted by Gasteiger charge is 2.50. The molecule has 2 aliphatic heterocycles. The molecule has 3 heterocycles. The van der Waals surface area contributed by atoms with E-state index in [0.29, 0.717) is 32.0 Å². The van der Waals surface area contributed by atoms with E-state index in [1.54, 1.807) is 4.90 Å². The molecule has 3 fully saturated rings. The number of carbonyl (C=O) groups excluding carboxylic acids is 1. The summed E-state index contributed by atoms with van der Waals surface area (Å²) in [4.78, 5) is 20.9. The summed E-state index contributed by atoms with van der Waals surface area (Å²) in [6, 6.07) is 2.77. The van der Waals surface area contributed by atoms with Gasteiger partial charge in [0.25, 0.3) is 0 Å². The van der Waals surface area contributed by atoms with Crippen LogP contribution in [0.4, 0.5) is 19.0 Å². The number of likely N-dealkylation sites (tertiary alicyclic amines) is 1. The molecule has 148 valence electrons. The standard InChI is InChI=1S/C20H26F3N3O/c21-20(22,23)16-7-4-11-24-17(16)25-12-8-19(9-13-25)10-14-26(18(19)27)15-5-2-1-3-6-15/h4,7,11,15H,1-3,5-6,8-10,12-14H2. The lowest BCUT2D eigenvalue weighted by Gasteiger charge is -2.40. The van der Waals surface area contributed by atoms with Crippen LogP contribution in [0.1, 0.15) is 56.9 Å². The molecule has 1 aromatic heterocycles. The van der Waals surface area contributed by atoms with Gasteiger partial charge in [-0.2, -0.15) is 13.2 Å². The number of alkyl halides is 3. The van der Waals surface area contributed by atoms with Crippen LogP contribution in [0.5, 0.6) is 0 Å². The molecule has 0 aromatic carbocycles. The highest BCUT2D eigenvalue weighted by atomic mass is 19.4. The Morgan fingerprint density at radius 3 is 2.37 bits per heavy atom. The second-order valence-electron chi connectivity index (χ2n) is 8.18. The number of aromatic nitrogens is 1. The first-order valence-electron chi connectivity index (χ1n) is 9.99. The minimum atomic E-state index is -4.42. The Balaban J connectivity index is 1.46. The summed E-state index contributed by atoms with van der Waals surface area (Å²) in [7, 11) is 0. The normalized spacial score (nSPS) is 24.0. The summed E-state index contributed by atoms with van der Waals surface area (Å²) >= 11 is 0. The molecule has 0 atom stereocenters. The van der Waals surface area contributed by atoms with Gasteiger partial charge in [-0.25, -0.2) is 4.98 Å². The van der Waals surface area contributed by atoms with E-state index >= 15 is 0 Å². The Morgan fingerprint density at radius 2 is 1.70 bits per heavy atom. The molecule has 2 saturated heterocycles. The first kappa shape index (κ1) is 18.6. The Hall–Kier alpha value is -1.79. The van der Waals surface area contributed by atoms with Gasteiger partial charge in [-0.05, 0) is 44.2 Å². The molecule has 0 N–H and O–H groups in total. The molecule has 4 nitrogen and oxygen atoms in total. The van der Waals surface area contributed by atoms with E-state index in [-0.39, 0.29) is 17.1 Å². The van der Waals surface area contributed by atoms with Crippen molar-refractivity contribution in [3.63, 3.8) is 0 Å². The summed E-state index contributed by atoms with van der Waals surface area (Å²) < 4.78 is 39.9. The lowest BCUT2D eigenvalue weighted by Crippen LogP contribution is -2.47. The fraction of sp³-hybridized carbons (Fsp3) is 0.700. The summed E-state index contributed by atoms with van der Waals surface area (Å²) in [5.74, 6) is 0.237. The lowest BCUT2D eigenvalue weighted by molar-refractivity contribution is -0.140. The second kappa shape index (κ2) is 6.99. The fourth-order valence-electron chi connectivity index (χ4n) is 5.07. The molecule has 4 rings (SSSR count). The maximum absolute atomic E-state index is 13.3. The van der Waals surface area contributed by atoms with Crippen molar-refractivity contribution >= 4 is 11.7 Å². The van der Waals surface area contributed by atoms with E-state index in [9.17, 15) is 18.0 Å². The van der Waals surface area contributed by atoms with Crippen molar-refractivity contribution in [3.8, 4) is 0 Å². The number of hydrogen-bond donors (Lipinski definition) is 0. The van der Waals surface area contributed by atoms with Crippen LogP contribution in [0.25, 0.3) is 0 Å². The van der Waals surface area contributed by atoms with Gasteiger partial charge in [-0.3, -0.25) is 4.79 Å². The maximum atomic E-state index is 13.3. The van der Waals surface area contributed by atoms with Crippen molar-refractivity contribution in [2.24, 2.45) is 5.41 Å². The summed E-state index contributed by atoms with van der Waals surface area (Å²) in [6.45, 7) is 1.70. The molecule has 1 aliphatic carbocycles. The lowest BCUT2D eigenvalue weighted by atomic mass is 9.77. The van der Waals surface area contributed by atoms with Crippen molar-refractivity contribution in [1.82, 2.24) is 9.88 Å². The van der Waals surface area contributed by atoms with E-state index < -0.39 is 11.7 Å². The predicted octanol–water partition coefficient (Wildman–Crippen LogP) is 4.25. The third-order valence-electron chi connectivity index (χ3n) is 6.67. The molecular formula is C20H26F3N3O. The van der Waals surface area contributed by atoms with Crippen LogP contribution < -0.4 is 4.90 Å². The number of piperidine rings is 1. The first-order valence-corrected chi connectivity index (χ1v) is 9.99. The van der Waals surface area contributed by atoms with Crippen molar-refractivity contribution in [3.05, 3.63) is 23.9 Å². The molecule has 1 amide bonds. The van der Waals surface area contributed by atoms with E-state index in [4.69, 9.17) is 0 Å². The number of pyridine rings is 1. The predicted molar refractivity (Wildman–Crippen MR) is 96.3 cm³/mol. The largest absolute Gasteiger partial charge is 0.419 e. The quantitative estimate of drug-likeness (QED) is 0.768. The number of nitrogens with zero attached hydrogens (tertiary/aromatic N) is 3. The average molecular weight is 381 g/mol. The Kier molecular flexibility index (Phi) is 4.80. The van der Waals surface area contributed by atoms with Crippen LogP contribution in [0.15, 0.2) is 18.3 Å². The molecule has 27 heavy (non-hydrogen) atoms. The number of carbonyl (C=O) groups is 1. The van der Waals surface area contributed by atoms with Gasteiger partial charge in [-0.15, -0.1) is 0 Å². The number of amides is 1. The average Bonchev–Trinajstić information content (AvgIpc) is 2.99. The van der Waals surface area contributed by atoms with Crippen molar-refractivity contribution in [2.45, 2.75) is 63.6 Å². The maximum Gasteiger partial charge on any atom is 0.419 e. The molecule has 1 saturated carbocycles. The molecule has 0 unspecified atom stereocenters. The fourth-order valence-corrected chi connectivity index (χ4v) is 5.07. The molecule has 7 heteroatoms. The van der Waals surface area contributed by atoms with Crippen molar-refractivity contribution < 1.29 is 18.0 Å². The zero-order chi connectivity index (χ0) is 19.1. The van der Waals surface area contributed by atoms with Crippen LogP contribution >= 0.6 is 0 Å². The van der Waals surface area contributed by atoms with Gasteiger partial charge >= 0.3 is 6.18 Å². The molecular weight excluding hydrogens is 355 g/mol. The van der Waals surface area contributed by atoms with Gasteiger partial charge in [0.15, 0.2) is 0 Å². The minimum absolute atomic E-state index is 0.00516. The van der Waals surface area contributed by atoms with Crippen LogP contribution in [0.2, 0.25) is 0 Å². The zero-order valence-electron chi connectivity index (χ0n) is 15.5. The van der Waals surface area contributed by atoms with Crippen molar-refractivity contribution in [2.75, 3.05) is 24.5 Å². The topological polar surface area (TPSA) is 36.4 Å². The highest BCUT2D eigenvalue weighted by molar-refractivity contribution is 5.85. The summed E-state index contributed by atoms with van der Waals surface area (Å²) in [6.07, 6.45) is 4.87. The van der Waals surface area contributed by atoms with Gasteiger partial charge in [0.2, 0.25) is 5.91 Å². The smallest absolute Gasteiger partial charge is 0.356 e. The number of halogens is 3. The number of hydrogen-bond acceptors (Lipinski definition) is 3. The van der Waals surface area contributed by atoms with E-state index in [1.165, 1.54) is 31.5 Å². The minimum Gasteiger partial charge on any atom is -0.356 e. The summed E-state index contributed by atoms with van der Waals surface area (Å²) in [5, 5.41) is 0. The molecule has 1 spiro atoms. The van der Waals surface area contributed by atoms with Gasteiger partial charge < -0.3 is 9.80 Å². The Morgan fingerprint density at radius 1 is 1.04 bits per heavy atom. The van der Waals surface area contributed by atoms with Gasteiger partial charge in [0.05, 0.1) is 11.0 Å². The van der Waals surface area contributed by atoms with Gasteiger partial charge in [0, 0.05) is 31.9 Å². The first-order chi connectivity index (χ1) is 12.9. The van der Waals surface area contributed by atoms with Crippen LogP contribution in [-0.2, 0) is 11.0 Å². The molecule has 0 bridgehead atoms. The van der Waals surface area contributed by atoms with Crippen LogP contribution in [0.3, 0.4) is 0 Å². The summed E-state index contributed by atoms with van der Waals surface area (Å²) in [5.41, 5.74) is -1.07. The zero-order valence-corrected chi connectivity index (χ0v) is 15.5. The number of anilines is 1. The van der Waals surface area contributed by atoms with Crippen LogP contribution in [0, 0.1) is 5.41 Å². The van der Waals surface area contributed by atoms with E-state index in [1.807, 2.05) is 0 Å². The molecule has 0 radical (unpaired) electrons. The SMILES string of the molecule is O=C1N(C2CCCCC2)CCC12CCN(c1ncccc1C(F)(F)F)CC2. The Bertz CT molecular complexity index is 692. The third-order valence-corrected chi connectivity index (χ3v) is 6.67. The Labute approximate surface area is 157 Å². The van der Waals surface area contributed by atoms with Crippen LogP contribution in [-0.4, -0.2) is 41.5 Å². The van der Waals surface area contributed by atoms with E-state index in [2.05, 4.69) is 9.88 Å². The van der Waals surface area contributed by atoms with Crippen molar-refractivity contribution in [1.29, 1.82) is 0 Å². The monoisotopic (exact) mass is 381 g/mol. The number of rotatable bonds is 2. The third kappa shape index (κ3) is 3.41. The molecule has 1 aromatic rings. The van der Waals surface area contributed by atoms with Gasteiger partial charge in [0.1, 0.15) is 5.82 Å². The molecule has 3 aliphatic rings.